The van der Waals surface area contributed by atoms with Gasteiger partial charge >= 0.3 is 7.60 Å². The van der Waals surface area contributed by atoms with Crippen LogP contribution in [-0.2, 0) is 26.8 Å². The Morgan fingerprint density at radius 1 is 0.909 bits per heavy atom. The van der Waals surface area contributed by atoms with Gasteiger partial charge in [-0.25, -0.2) is 0 Å². The van der Waals surface area contributed by atoms with Gasteiger partial charge in [-0.3, -0.25) is 9.97 Å². The Balaban J connectivity index is 2.00. The number of halogens is 1. The first-order chi connectivity index (χ1) is 10.6. The summed E-state index contributed by atoms with van der Waals surface area (Å²) in [5, 5.41) is 7.50. The van der Waals surface area contributed by atoms with Gasteiger partial charge in [0.15, 0.2) is 0 Å². The van der Waals surface area contributed by atoms with Gasteiger partial charge in [-0.15, -0.1) is 0 Å². The standard InChI is InChI=1S/C16H17BrNO3P/c17-16(18)13-22(19,20-11-14-7-3-1-4-8-14)21-12-15-9-5-2-6-10-15/h1-10,18H,11-13H2. The quantitative estimate of drug-likeness (QED) is 0.517. The maximum absolute atomic E-state index is 12.8. The number of benzene rings is 2. The molecule has 0 atom stereocenters. The van der Waals surface area contributed by atoms with E-state index in [4.69, 9.17) is 14.5 Å². The van der Waals surface area contributed by atoms with Crippen LogP contribution in [0.4, 0.5) is 0 Å². The topological polar surface area (TPSA) is 59.4 Å². The Morgan fingerprint density at radius 2 is 1.32 bits per heavy atom. The van der Waals surface area contributed by atoms with E-state index in [1.807, 2.05) is 60.7 Å². The minimum absolute atomic E-state index is 0.0767. The lowest BCUT2D eigenvalue weighted by Gasteiger charge is -2.18. The monoisotopic (exact) mass is 381 g/mol. The second kappa shape index (κ2) is 8.39. The first-order valence-electron chi connectivity index (χ1n) is 6.76. The third-order valence-electron chi connectivity index (χ3n) is 2.87. The van der Waals surface area contributed by atoms with Crippen LogP contribution in [0.25, 0.3) is 0 Å². The molecule has 0 aliphatic carbocycles. The van der Waals surface area contributed by atoms with Gasteiger partial charge in [0.25, 0.3) is 0 Å². The van der Waals surface area contributed by atoms with Crippen LogP contribution in [0.2, 0.25) is 0 Å². The molecule has 2 aromatic carbocycles. The Bertz CT molecular complexity index is 601. The molecule has 0 radical (unpaired) electrons. The molecule has 0 heterocycles. The van der Waals surface area contributed by atoms with Crippen LogP contribution in [0.15, 0.2) is 60.7 Å². The zero-order valence-electron chi connectivity index (χ0n) is 11.9. The van der Waals surface area contributed by atoms with Gasteiger partial charge in [-0.2, -0.15) is 0 Å². The second-order valence-corrected chi connectivity index (χ2v) is 7.70. The van der Waals surface area contributed by atoms with Gasteiger partial charge in [0.2, 0.25) is 0 Å². The van der Waals surface area contributed by atoms with Crippen molar-refractivity contribution in [3.05, 3.63) is 71.8 Å². The fourth-order valence-electron chi connectivity index (χ4n) is 1.79. The van der Waals surface area contributed by atoms with Crippen LogP contribution in [0, 0.1) is 5.41 Å². The lowest BCUT2D eigenvalue weighted by Crippen LogP contribution is -2.05. The molecule has 0 aliphatic heterocycles. The van der Waals surface area contributed by atoms with Crippen LogP contribution in [0.1, 0.15) is 11.1 Å². The van der Waals surface area contributed by atoms with Crippen LogP contribution >= 0.6 is 23.5 Å². The molecule has 116 valence electrons. The molecule has 0 unspecified atom stereocenters. The predicted octanol–water partition coefficient (Wildman–Crippen LogP) is 4.99. The van der Waals surface area contributed by atoms with Crippen molar-refractivity contribution in [2.75, 3.05) is 6.16 Å². The molecular weight excluding hydrogens is 365 g/mol. The number of hydrogen-bond donors (Lipinski definition) is 1. The van der Waals surface area contributed by atoms with Gasteiger partial charge in [0, 0.05) is 0 Å². The number of rotatable bonds is 8. The molecule has 0 fully saturated rings. The van der Waals surface area contributed by atoms with Crippen LogP contribution in [0.5, 0.6) is 0 Å². The molecule has 0 spiro atoms. The second-order valence-electron chi connectivity index (χ2n) is 4.69. The Kier molecular flexibility index (Phi) is 6.52. The first kappa shape index (κ1) is 17.1. The first-order valence-corrected chi connectivity index (χ1v) is 9.28. The summed E-state index contributed by atoms with van der Waals surface area (Å²) < 4.78 is 23.9. The van der Waals surface area contributed by atoms with E-state index in [0.29, 0.717) is 0 Å². The number of nitrogens with one attached hydrogen (secondary N) is 1. The maximum Gasteiger partial charge on any atom is 0.337 e. The van der Waals surface area contributed by atoms with Crippen molar-refractivity contribution >= 4 is 28.1 Å². The van der Waals surface area contributed by atoms with Crippen molar-refractivity contribution in [3.63, 3.8) is 0 Å². The Morgan fingerprint density at radius 3 is 1.68 bits per heavy atom. The van der Waals surface area contributed by atoms with E-state index >= 15 is 0 Å². The van der Waals surface area contributed by atoms with Crippen molar-refractivity contribution in [1.82, 2.24) is 0 Å². The summed E-state index contributed by atoms with van der Waals surface area (Å²) in [4.78, 5) is 0. The van der Waals surface area contributed by atoms with Crippen LogP contribution in [-0.4, -0.2) is 10.8 Å². The Labute approximate surface area is 138 Å². The Hall–Kier alpha value is -1.26. The lowest BCUT2D eigenvalue weighted by atomic mass is 10.2. The zero-order valence-corrected chi connectivity index (χ0v) is 14.4. The molecule has 0 saturated heterocycles. The maximum atomic E-state index is 12.8. The SMILES string of the molecule is N=C(Br)CP(=O)(OCc1ccccc1)OCc1ccccc1. The summed E-state index contributed by atoms with van der Waals surface area (Å²) in [6.07, 6.45) is -0.0767. The summed E-state index contributed by atoms with van der Waals surface area (Å²) in [5.41, 5.74) is 1.82. The molecule has 2 aromatic rings. The largest absolute Gasteiger partial charge is 0.337 e. The van der Waals surface area contributed by atoms with E-state index in [0.717, 1.165) is 11.1 Å². The predicted molar refractivity (Wildman–Crippen MR) is 91.6 cm³/mol. The van der Waals surface area contributed by atoms with Gasteiger partial charge in [0.1, 0.15) is 0 Å². The molecule has 2 rings (SSSR count). The van der Waals surface area contributed by atoms with E-state index in [2.05, 4.69) is 15.9 Å². The molecule has 0 bridgehead atoms. The summed E-state index contributed by atoms with van der Waals surface area (Å²) in [6.45, 7) is 0.375. The highest BCUT2D eigenvalue weighted by Gasteiger charge is 2.26. The van der Waals surface area contributed by atoms with Gasteiger partial charge in [-0.1, -0.05) is 60.7 Å². The molecule has 0 aromatic heterocycles. The fourth-order valence-corrected chi connectivity index (χ4v) is 4.00. The van der Waals surface area contributed by atoms with Crippen LogP contribution in [0.3, 0.4) is 0 Å². The smallest absolute Gasteiger partial charge is 0.303 e. The van der Waals surface area contributed by atoms with Gasteiger partial charge in [-0.05, 0) is 27.1 Å². The highest BCUT2D eigenvalue weighted by Crippen LogP contribution is 2.50. The van der Waals surface area contributed by atoms with E-state index in [-0.39, 0.29) is 24.0 Å². The summed E-state index contributed by atoms with van der Waals surface area (Å²) in [5.74, 6) is 0. The molecule has 0 aliphatic rings. The van der Waals surface area contributed by atoms with Crippen molar-refractivity contribution in [2.45, 2.75) is 13.2 Å². The molecule has 1 N–H and O–H groups in total. The highest BCUT2D eigenvalue weighted by atomic mass is 79.9. The van der Waals surface area contributed by atoms with E-state index in [1.54, 1.807) is 0 Å². The molecule has 4 nitrogen and oxygen atoms in total. The summed E-state index contributed by atoms with van der Waals surface area (Å²) in [6, 6.07) is 18.9. The minimum atomic E-state index is -3.38. The van der Waals surface area contributed by atoms with Crippen LogP contribution < -0.4 is 0 Å². The van der Waals surface area contributed by atoms with Crippen molar-refractivity contribution in [3.8, 4) is 0 Å². The molecule has 0 amide bonds. The molecular formula is C16H17BrNO3P. The average molecular weight is 382 g/mol. The zero-order chi connectivity index (χ0) is 15.8. The van der Waals surface area contributed by atoms with E-state index in [1.165, 1.54) is 0 Å². The van der Waals surface area contributed by atoms with Crippen molar-refractivity contribution in [1.29, 1.82) is 5.41 Å². The average Bonchev–Trinajstić information content (AvgIpc) is 2.53. The van der Waals surface area contributed by atoms with E-state index < -0.39 is 7.60 Å². The van der Waals surface area contributed by atoms with Crippen molar-refractivity contribution in [2.24, 2.45) is 0 Å². The normalized spacial score (nSPS) is 11.3. The number of hydrogen-bond acceptors (Lipinski definition) is 4. The van der Waals surface area contributed by atoms with Crippen molar-refractivity contribution < 1.29 is 13.6 Å². The van der Waals surface area contributed by atoms with Gasteiger partial charge in [0.05, 0.1) is 24.0 Å². The molecule has 0 saturated carbocycles. The third-order valence-corrected chi connectivity index (χ3v) is 5.34. The highest BCUT2D eigenvalue weighted by molar-refractivity contribution is 9.18. The minimum Gasteiger partial charge on any atom is -0.303 e. The summed E-state index contributed by atoms with van der Waals surface area (Å²) in [7, 11) is -3.38. The summed E-state index contributed by atoms with van der Waals surface area (Å²) >= 11 is 3.01. The lowest BCUT2D eigenvalue weighted by molar-refractivity contribution is 0.194. The van der Waals surface area contributed by atoms with E-state index in [9.17, 15) is 4.57 Å². The van der Waals surface area contributed by atoms with Gasteiger partial charge < -0.3 is 9.05 Å². The molecule has 6 heteroatoms. The molecule has 22 heavy (non-hydrogen) atoms. The fraction of sp³-hybridized carbons (Fsp3) is 0.188. The third kappa shape index (κ3) is 5.85.